The van der Waals surface area contributed by atoms with E-state index < -0.39 is 0 Å². The van der Waals surface area contributed by atoms with Gasteiger partial charge in [-0.15, -0.1) is 0 Å². The number of carbonyl (C=O) groups excluding carboxylic acids is 1. The predicted octanol–water partition coefficient (Wildman–Crippen LogP) is 3.74. The standard InChI is InChI=1S/C14H21NO/c1-10(2)8-14(16)12-6-5-7-13(9-12)15-11(3)4/h5-7,9-11,15H,8H2,1-4H3. The Morgan fingerprint density at radius 2 is 1.94 bits per heavy atom. The fraction of sp³-hybridized carbons (Fsp3) is 0.500. The van der Waals surface area contributed by atoms with Crippen LogP contribution in [0.1, 0.15) is 44.5 Å². The number of ketones is 1. The minimum absolute atomic E-state index is 0.224. The number of anilines is 1. The highest BCUT2D eigenvalue weighted by Gasteiger charge is 2.08. The molecule has 2 heteroatoms. The highest BCUT2D eigenvalue weighted by molar-refractivity contribution is 5.97. The third-order valence-corrected chi connectivity index (χ3v) is 2.23. The van der Waals surface area contributed by atoms with E-state index in [-0.39, 0.29) is 5.78 Å². The van der Waals surface area contributed by atoms with E-state index in [0.717, 1.165) is 11.3 Å². The highest BCUT2D eigenvalue weighted by Crippen LogP contribution is 2.15. The fourth-order valence-corrected chi connectivity index (χ4v) is 1.60. The van der Waals surface area contributed by atoms with Crippen LogP contribution in [0, 0.1) is 5.92 Å². The molecule has 0 radical (unpaired) electrons. The molecule has 0 atom stereocenters. The van der Waals surface area contributed by atoms with Crippen LogP contribution in [-0.4, -0.2) is 11.8 Å². The first-order valence-corrected chi connectivity index (χ1v) is 5.89. The highest BCUT2D eigenvalue weighted by atomic mass is 16.1. The third kappa shape index (κ3) is 4.05. The Kier molecular flexibility index (Phi) is 4.53. The Morgan fingerprint density at radius 1 is 1.25 bits per heavy atom. The average Bonchev–Trinajstić information content (AvgIpc) is 2.16. The molecule has 0 unspecified atom stereocenters. The quantitative estimate of drug-likeness (QED) is 0.764. The zero-order valence-electron chi connectivity index (χ0n) is 10.6. The van der Waals surface area contributed by atoms with Crippen LogP contribution in [-0.2, 0) is 0 Å². The Bertz CT molecular complexity index is 356. The largest absolute Gasteiger partial charge is 0.383 e. The lowest BCUT2D eigenvalue weighted by molar-refractivity contribution is 0.0968. The van der Waals surface area contributed by atoms with E-state index in [1.54, 1.807) is 0 Å². The molecule has 1 aromatic rings. The molecule has 1 N–H and O–H groups in total. The van der Waals surface area contributed by atoms with Crippen molar-refractivity contribution in [2.45, 2.75) is 40.2 Å². The lowest BCUT2D eigenvalue weighted by Gasteiger charge is -2.11. The van der Waals surface area contributed by atoms with E-state index in [1.807, 2.05) is 24.3 Å². The lowest BCUT2D eigenvalue weighted by Crippen LogP contribution is -2.10. The van der Waals surface area contributed by atoms with Crippen LogP contribution in [0.15, 0.2) is 24.3 Å². The molecule has 0 fully saturated rings. The second-order valence-electron chi connectivity index (χ2n) is 4.90. The third-order valence-electron chi connectivity index (χ3n) is 2.23. The van der Waals surface area contributed by atoms with Crippen molar-refractivity contribution < 1.29 is 4.79 Å². The van der Waals surface area contributed by atoms with Crippen LogP contribution in [0.5, 0.6) is 0 Å². The van der Waals surface area contributed by atoms with Gasteiger partial charge >= 0.3 is 0 Å². The number of hydrogen-bond acceptors (Lipinski definition) is 2. The van der Waals surface area contributed by atoms with E-state index in [0.29, 0.717) is 18.4 Å². The maximum absolute atomic E-state index is 11.9. The average molecular weight is 219 g/mol. The van der Waals surface area contributed by atoms with Gasteiger partial charge < -0.3 is 5.32 Å². The number of hydrogen-bond donors (Lipinski definition) is 1. The summed E-state index contributed by atoms with van der Waals surface area (Å²) < 4.78 is 0. The van der Waals surface area contributed by atoms with Gasteiger partial charge in [-0.1, -0.05) is 26.0 Å². The molecule has 0 aromatic heterocycles. The van der Waals surface area contributed by atoms with Crippen molar-refractivity contribution in [3.05, 3.63) is 29.8 Å². The number of benzene rings is 1. The molecule has 0 saturated heterocycles. The van der Waals surface area contributed by atoms with Gasteiger partial charge in [0.1, 0.15) is 0 Å². The lowest BCUT2D eigenvalue weighted by atomic mass is 10.0. The fourth-order valence-electron chi connectivity index (χ4n) is 1.60. The summed E-state index contributed by atoms with van der Waals surface area (Å²) in [7, 11) is 0. The molecule has 0 heterocycles. The van der Waals surface area contributed by atoms with Crippen molar-refractivity contribution in [2.24, 2.45) is 5.92 Å². The van der Waals surface area contributed by atoms with Crippen LogP contribution < -0.4 is 5.32 Å². The summed E-state index contributed by atoms with van der Waals surface area (Å²) in [5, 5.41) is 3.30. The molecule has 16 heavy (non-hydrogen) atoms. The minimum atomic E-state index is 0.224. The number of rotatable bonds is 5. The van der Waals surface area contributed by atoms with Crippen LogP contribution >= 0.6 is 0 Å². The summed E-state index contributed by atoms with van der Waals surface area (Å²) in [5.74, 6) is 0.636. The van der Waals surface area contributed by atoms with Crippen molar-refractivity contribution in [2.75, 3.05) is 5.32 Å². The Labute approximate surface area is 98.1 Å². The molecule has 0 aliphatic carbocycles. The molecular formula is C14H21NO. The topological polar surface area (TPSA) is 29.1 Å². The van der Waals surface area contributed by atoms with Crippen LogP contribution in [0.25, 0.3) is 0 Å². The SMILES string of the molecule is CC(C)CC(=O)c1cccc(NC(C)C)c1. The summed E-state index contributed by atoms with van der Waals surface area (Å²) in [6.07, 6.45) is 0.616. The second kappa shape index (κ2) is 5.69. The molecule has 2 nitrogen and oxygen atoms in total. The molecule has 88 valence electrons. The van der Waals surface area contributed by atoms with E-state index in [4.69, 9.17) is 0 Å². The summed E-state index contributed by atoms with van der Waals surface area (Å²) in [4.78, 5) is 11.9. The van der Waals surface area contributed by atoms with Crippen LogP contribution in [0.3, 0.4) is 0 Å². The molecule has 1 rings (SSSR count). The van der Waals surface area contributed by atoms with E-state index in [2.05, 4.69) is 33.0 Å². The Balaban J connectivity index is 2.77. The van der Waals surface area contributed by atoms with Gasteiger partial charge in [0, 0.05) is 23.7 Å². The molecule has 0 amide bonds. The Hall–Kier alpha value is -1.31. The van der Waals surface area contributed by atoms with E-state index >= 15 is 0 Å². The maximum Gasteiger partial charge on any atom is 0.163 e. The monoisotopic (exact) mass is 219 g/mol. The van der Waals surface area contributed by atoms with Crippen molar-refractivity contribution in [3.8, 4) is 0 Å². The summed E-state index contributed by atoms with van der Waals surface area (Å²) >= 11 is 0. The summed E-state index contributed by atoms with van der Waals surface area (Å²) in [6.45, 7) is 8.30. The molecule has 0 saturated carbocycles. The van der Waals surface area contributed by atoms with Gasteiger partial charge in [0.25, 0.3) is 0 Å². The minimum Gasteiger partial charge on any atom is -0.383 e. The Morgan fingerprint density at radius 3 is 2.50 bits per heavy atom. The van der Waals surface area contributed by atoms with Crippen LogP contribution in [0.2, 0.25) is 0 Å². The zero-order chi connectivity index (χ0) is 12.1. The van der Waals surface area contributed by atoms with Crippen LogP contribution in [0.4, 0.5) is 5.69 Å². The van der Waals surface area contributed by atoms with Gasteiger partial charge in [0.15, 0.2) is 5.78 Å². The molecule has 1 aromatic carbocycles. The zero-order valence-corrected chi connectivity index (χ0v) is 10.6. The first-order chi connectivity index (χ1) is 7.49. The van der Waals surface area contributed by atoms with Gasteiger partial charge in [0.2, 0.25) is 0 Å². The van der Waals surface area contributed by atoms with Crippen molar-refractivity contribution >= 4 is 11.5 Å². The molecule has 0 aliphatic heterocycles. The summed E-state index contributed by atoms with van der Waals surface area (Å²) in [5.41, 5.74) is 1.82. The maximum atomic E-state index is 11.9. The number of carbonyl (C=O) groups is 1. The van der Waals surface area contributed by atoms with Gasteiger partial charge in [-0.25, -0.2) is 0 Å². The molecular weight excluding hydrogens is 198 g/mol. The first kappa shape index (κ1) is 12.8. The smallest absolute Gasteiger partial charge is 0.163 e. The predicted molar refractivity (Wildman–Crippen MR) is 69.0 cm³/mol. The van der Waals surface area contributed by atoms with E-state index in [1.165, 1.54) is 0 Å². The van der Waals surface area contributed by atoms with Gasteiger partial charge in [-0.3, -0.25) is 4.79 Å². The van der Waals surface area contributed by atoms with Crippen molar-refractivity contribution in [3.63, 3.8) is 0 Å². The molecule has 0 bridgehead atoms. The first-order valence-electron chi connectivity index (χ1n) is 5.89. The number of Topliss-reactive ketones (excluding diaryl/α,β-unsaturated/α-hetero) is 1. The normalized spacial score (nSPS) is 10.9. The van der Waals surface area contributed by atoms with Crippen molar-refractivity contribution in [1.82, 2.24) is 0 Å². The van der Waals surface area contributed by atoms with Gasteiger partial charge in [-0.2, -0.15) is 0 Å². The second-order valence-corrected chi connectivity index (χ2v) is 4.90. The summed E-state index contributed by atoms with van der Waals surface area (Å²) in [6, 6.07) is 8.13. The molecule has 0 spiro atoms. The molecule has 0 aliphatic rings. The van der Waals surface area contributed by atoms with Gasteiger partial charge in [0.05, 0.1) is 0 Å². The van der Waals surface area contributed by atoms with E-state index in [9.17, 15) is 4.79 Å². The van der Waals surface area contributed by atoms with Crippen molar-refractivity contribution in [1.29, 1.82) is 0 Å². The van der Waals surface area contributed by atoms with Gasteiger partial charge in [-0.05, 0) is 31.9 Å². The number of nitrogens with one attached hydrogen (secondary N) is 1.